The third kappa shape index (κ3) is 3.57. The van der Waals surface area contributed by atoms with Crippen LogP contribution < -0.4 is 14.8 Å². The summed E-state index contributed by atoms with van der Waals surface area (Å²) in [6.45, 7) is 5.21. The molecular formula is C13H19N3O4. The standard InChI is InChI=1S/C13H19N3O4/c1-3-18-12-9(8-14-13(16-12)19-4-2)15-11(17)10-6-5-7-20-10/h8,10H,3-7H2,1-2H3,(H,15,17). The molecule has 1 aliphatic rings. The molecule has 1 amide bonds. The van der Waals surface area contributed by atoms with Crippen molar-refractivity contribution in [3.8, 4) is 11.9 Å². The van der Waals surface area contributed by atoms with Gasteiger partial charge in [0, 0.05) is 6.61 Å². The molecule has 2 rings (SSSR count). The Morgan fingerprint density at radius 3 is 2.90 bits per heavy atom. The van der Waals surface area contributed by atoms with E-state index in [-0.39, 0.29) is 11.9 Å². The van der Waals surface area contributed by atoms with E-state index in [2.05, 4.69) is 15.3 Å². The van der Waals surface area contributed by atoms with Crippen LogP contribution in [0.15, 0.2) is 6.20 Å². The summed E-state index contributed by atoms with van der Waals surface area (Å²) >= 11 is 0. The van der Waals surface area contributed by atoms with E-state index in [1.807, 2.05) is 13.8 Å². The number of nitrogens with one attached hydrogen (secondary N) is 1. The minimum Gasteiger partial charge on any atom is -0.476 e. The predicted molar refractivity (Wildman–Crippen MR) is 72.0 cm³/mol. The second-order valence-electron chi connectivity index (χ2n) is 4.23. The van der Waals surface area contributed by atoms with E-state index < -0.39 is 6.10 Å². The summed E-state index contributed by atoms with van der Waals surface area (Å²) in [7, 11) is 0. The van der Waals surface area contributed by atoms with Crippen molar-refractivity contribution in [3.63, 3.8) is 0 Å². The van der Waals surface area contributed by atoms with Crippen molar-refractivity contribution in [2.24, 2.45) is 0 Å². The van der Waals surface area contributed by atoms with Gasteiger partial charge in [0.25, 0.3) is 5.91 Å². The largest absolute Gasteiger partial charge is 0.476 e. The Morgan fingerprint density at radius 1 is 1.45 bits per heavy atom. The summed E-state index contributed by atoms with van der Waals surface area (Å²) in [5.74, 6) is 0.105. The topological polar surface area (TPSA) is 82.6 Å². The zero-order valence-electron chi connectivity index (χ0n) is 11.7. The molecule has 1 atom stereocenters. The van der Waals surface area contributed by atoms with Gasteiger partial charge in [-0.05, 0) is 26.7 Å². The first-order valence-corrected chi connectivity index (χ1v) is 6.79. The molecule has 1 unspecified atom stereocenters. The zero-order valence-corrected chi connectivity index (χ0v) is 11.7. The highest BCUT2D eigenvalue weighted by Crippen LogP contribution is 2.24. The van der Waals surface area contributed by atoms with Crippen molar-refractivity contribution in [3.05, 3.63) is 6.20 Å². The Hall–Kier alpha value is -1.89. The Balaban J connectivity index is 2.10. The average molecular weight is 281 g/mol. The van der Waals surface area contributed by atoms with Crippen molar-refractivity contribution >= 4 is 11.6 Å². The molecule has 7 nitrogen and oxygen atoms in total. The molecule has 1 aromatic heterocycles. The summed E-state index contributed by atoms with van der Waals surface area (Å²) in [5, 5.41) is 2.74. The molecule has 1 N–H and O–H groups in total. The molecular weight excluding hydrogens is 262 g/mol. The normalized spacial score (nSPS) is 17.8. The summed E-state index contributed by atoms with van der Waals surface area (Å²) in [5.41, 5.74) is 0.427. The quantitative estimate of drug-likeness (QED) is 0.848. The molecule has 0 saturated carbocycles. The molecule has 1 fully saturated rings. The number of rotatable bonds is 6. The van der Waals surface area contributed by atoms with E-state index >= 15 is 0 Å². The van der Waals surface area contributed by atoms with Crippen LogP contribution >= 0.6 is 0 Å². The van der Waals surface area contributed by atoms with E-state index in [0.29, 0.717) is 31.4 Å². The van der Waals surface area contributed by atoms with E-state index in [1.54, 1.807) is 0 Å². The second-order valence-corrected chi connectivity index (χ2v) is 4.23. The fourth-order valence-corrected chi connectivity index (χ4v) is 1.88. The Labute approximate surface area is 117 Å². The van der Waals surface area contributed by atoms with Crippen LogP contribution in [0, 0.1) is 0 Å². The van der Waals surface area contributed by atoms with Gasteiger partial charge in [0.05, 0.1) is 19.4 Å². The molecule has 0 aromatic carbocycles. The van der Waals surface area contributed by atoms with Crippen LogP contribution in [0.3, 0.4) is 0 Å². The molecule has 0 bridgehead atoms. The van der Waals surface area contributed by atoms with E-state index in [0.717, 1.165) is 12.8 Å². The molecule has 1 saturated heterocycles. The van der Waals surface area contributed by atoms with Crippen molar-refractivity contribution in [1.82, 2.24) is 9.97 Å². The first kappa shape index (κ1) is 14.5. The first-order chi connectivity index (χ1) is 9.74. The Bertz CT molecular complexity index is 461. The summed E-state index contributed by atoms with van der Waals surface area (Å²) in [6.07, 6.45) is 2.70. The average Bonchev–Trinajstić information content (AvgIpc) is 2.96. The summed E-state index contributed by atoms with van der Waals surface area (Å²) in [4.78, 5) is 20.1. The van der Waals surface area contributed by atoms with Crippen molar-refractivity contribution < 1.29 is 19.0 Å². The van der Waals surface area contributed by atoms with Crippen LogP contribution in [0.2, 0.25) is 0 Å². The minimum absolute atomic E-state index is 0.198. The highest BCUT2D eigenvalue weighted by atomic mass is 16.5. The minimum atomic E-state index is -0.406. The van der Waals surface area contributed by atoms with Crippen LogP contribution in [0.4, 0.5) is 5.69 Å². The van der Waals surface area contributed by atoms with Crippen molar-refractivity contribution in [2.75, 3.05) is 25.1 Å². The molecule has 0 radical (unpaired) electrons. The number of amides is 1. The van der Waals surface area contributed by atoms with Gasteiger partial charge in [0.15, 0.2) is 0 Å². The van der Waals surface area contributed by atoms with Crippen molar-refractivity contribution in [1.29, 1.82) is 0 Å². The second kappa shape index (κ2) is 7.04. The van der Waals surface area contributed by atoms with Gasteiger partial charge in [-0.3, -0.25) is 4.79 Å². The van der Waals surface area contributed by atoms with E-state index in [9.17, 15) is 4.79 Å². The van der Waals surface area contributed by atoms with Gasteiger partial charge >= 0.3 is 6.01 Å². The maximum absolute atomic E-state index is 12.0. The predicted octanol–water partition coefficient (Wildman–Crippen LogP) is 1.39. The number of carbonyl (C=O) groups excluding carboxylic acids is 1. The SMILES string of the molecule is CCOc1ncc(NC(=O)C2CCCO2)c(OCC)n1. The lowest BCUT2D eigenvalue weighted by Crippen LogP contribution is -2.27. The van der Waals surface area contributed by atoms with Gasteiger partial charge < -0.3 is 19.5 Å². The van der Waals surface area contributed by atoms with Crippen LogP contribution in [0.1, 0.15) is 26.7 Å². The highest BCUT2D eigenvalue weighted by molar-refractivity contribution is 5.95. The van der Waals surface area contributed by atoms with Crippen LogP contribution in [-0.2, 0) is 9.53 Å². The van der Waals surface area contributed by atoms with Crippen molar-refractivity contribution in [2.45, 2.75) is 32.8 Å². The molecule has 0 aliphatic carbocycles. The monoisotopic (exact) mass is 281 g/mol. The molecule has 110 valence electrons. The first-order valence-electron chi connectivity index (χ1n) is 6.79. The van der Waals surface area contributed by atoms with Crippen LogP contribution in [0.5, 0.6) is 11.9 Å². The third-order valence-electron chi connectivity index (χ3n) is 2.77. The Morgan fingerprint density at radius 2 is 2.25 bits per heavy atom. The lowest BCUT2D eigenvalue weighted by molar-refractivity contribution is -0.124. The van der Waals surface area contributed by atoms with Crippen LogP contribution in [0.25, 0.3) is 0 Å². The molecule has 7 heteroatoms. The third-order valence-corrected chi connectivity index (χ3v) is 2.77. The maximum Gasteiger partial charge on any atom is 0.319 e. The fourth-order valence-electron chi connectivity index (χ4n) is 1.88. The van der Waals surface area contributed by atoms with Gasteiger partial charge in [0.1, 0.15) is 11.8 Å². The van der Waals surface area contributed by atoms with Gasteiger partial charge in [-0.15, -0.1) is 0 Å². The Kier molecular flexibility index (Phi) is 5.11. The number of carbonyl (C=O) groups is 1. The summed E-state index contributed by atoms with van der Waals surface area (Å²) < 4.78 is 15.9. The number of hydrogen-bond donors (Lipinski definition) is 1. The number of hydrogen-bond acceptors (Lipinski definition) is 6. The zero-order chi connectivity index (χ0) is 14.4. The molecule has 0 spiro atoms. The molecule has 20 heavy (non-hydrogen) atoms. The number of anilines is 1. The van der Waals surface area contributed by atoms with Gasteiger partial charge in [-0.2, -0.15) is 4.98 Å². The molecule has 1 aromatic rings. The highest BCUT2D eigenvalue weighted by Gasteiger charge is 2.25. The van der Waals surface area contributed by atoms with Gasteiger partial charge in [-0.1, -0.05) is 0 Å². The van der Waals surface area contributed by atoms with E-state index in [1.165, 1.54) is 6.20 Å². The lowest BCUT2D eigenvalue weighted by atomic mass is 10.2. The van der Waals surface area contributed by atoms with Gasteiger partial charge in [0.2, 0.25) is 5.88 Å². The number of nitrogens with zero attached hydrogens (tertiary/aromatic N) is 2. The van der Waals surface area contributed by atoms with Gasteiger partial charge in [-0.25, -0.2) is 4.98 Å². The van der Waals surface area contributed by atoms with E-state index in [4.69, 9.17) is 14.2 Å². The van der Waals surface area contributed by atoms with Crippen LogP contribution in [-0.4, -0.2) is 41.8 Å². The number of aromatic nitrogens is 2. The smallest absolute Gasteiger partial charge is 0.319 e. The maximum atomic E-state index is 12.0. The molecule has 1 aliphatic heterocycles. The number of ether oxygens (including phenoxy) is 3. The fraction of sp³-hybridized carbons (Fsp3) is 0.615. The molecule has 2 heterocycles. The summed E-state index contributed by atoms with van der Waals surface area (Å²) in [6, 6.07) is 0.228. The lowest BCUT2D eigenvalue weighted by Gasteiger charge is -2.13.